The molecule has 1 heterocycles. The zero-order valence-corrected chi connectivity index (χ0v) is 12.4. The molecule has 0 aliphatic rings. The van der Waals surface area contributed by atoms with Crippen LogP contribution in [-0.4, -0.2) is 17.1 Å². The number of benzene rings is 2. The zero-order chi connectivity index (χ0) is 15.9. The van der Waals surface area contributed by atoms with E-state index in [1.807, 2.05) is 0 Å². The Morgan fingerprint density at radius 1 is 1.14 bits per heavy atom. The number of nitrogen functional groups attached to an aromatic ring is 2. The van der Waals surface area contributed by atoms with E-state index in [4.69, 9.17) is 27.8 Å². The number of nitrogens with two attached hydrogens (primary N) is 2. The minimum absolute atomic E-state index is 0.00495. The van der Waals surface area contributed by atoms with E-state index in [0.717, 1.165) is 0 Å². The molecule has 7 heteroatoms. The van der Waals surface area contributed by atoms with Crippen LogP contribution in [0.4, 0.5) is 15.9 Å². The van der Waals surface area contributed by atoms with E-state index in [0.29, 0.717) is 22.3 Å². The van der Waals surface area contributed by atoms with E-state index < -0.39 is 5.82 Å². The summed E-state index contributed by atoms with van der Waals surface area (Å²) in [5.41, 5.74) is 12.9. The van der Waals surface area contributed by atoms with Crippen LogP contribution in [0.3, 0.4) is 0 Å². The molecule has 0 bridgehead atoms. The van der Waals surface area contributed by atoms with Gasteiger partial charge in [-0.15, -0.1) is 0 Å². The van der Waals surface area contributed by atoms with Crippen molar-refractivity contribution in [3.63, 3.8) is 0 Å². The van der Waals surface area contributed by atoms with E-state index in [1.165, 1.54) is 19.2 Å². The van der Waals surface area contributed by atoms with E-state index in [2.05, 4.69) is 9.97 Å². The standard InChI is InChI=1S/C15H12ClFN4O/c1-22-13-9(18)5-6-10-11(13)14(19)21-15(20-10)7-3-2-4-8(16)12(7)17/h2-6H,18H2,1H3,(H2,19,20,21). The maximum absolute atomic E-state index is 14.1. The largest absolute Gasteiger partial charge is 0.494 e. The van der Waals surface area contributed by atoms with Gasteiger partial charge in [0.1, 0.15) is 5.82 Å². The second kappa shape index (κ2) is 5.31. The second-order valence-electron chi connectivity index (χ2n) is 4.62. The Labute approximate surface area is 130 Å². The molecule has 0 amide bonds. The molecule has 0 saturated heterocycles. The summed E-state index contributed by atoms with van der Waals surface area (Å²) >= 11 is 5.79. The fourth-order valence-corrected chi connectivity index (χ4v) is 2.43. The molecule has 0 aliphatic carbocycles. The molecule has 1 aromatic heterocycles. The molecule has 3 aromatic rings. The lowest BCUT2D eigenvalue weighted by Crippen LogP contribution is -2.02. The molecule has 0 unspecified atom stereocenters. The highest BCUT2D eigenvalue weighted by Crippen LogP contribution is 2.35. The first-order chi connectivity index (χ1) is 10.5. The lowest BCUT2D eigenvalue weighted by molar-refractivity contribution is 0.422. The Balaban J connectivity index is 2.31. The van der Waals surface area contributed by atoms with Gasteiger partial charge < -0.3 is 16.2 Å². The highest BCUT2D eigenvalue weighted by atomic mass is 35.5. The molecule has 0 aliphatic heterocycles. The molecule has 5 nitrogen and oxygen atoms in total. The third kappa shape index (κ3) is 2.17. The smallest absolute Gasteiger partial charge is 0.165 e. The summed E-state index contributed by atoms with van der Waals surface area (Å²) in [6.45, 7) is 0. The van der Waals surface area contributed by atoms with Crippen LogP contribution in [0, 0.1) is 5.82 Å². The first-order valence-corrected chi connectivity index (χ1v) is 6.74. The molecule has 0 fully saturated rings. The quantitative estimate of drug-likeness (QED) is 0.708. The Morgan fingerprint density at radius 2 is 1.91 bits per heavy atom. The number of rotatable bonds is 2. The van der Waals surface area contributed by atoms with Gasteiger partial charge in [-0.1, -0.05) is 17.7 Å². The van der Waals surface area contributed by atoms with Crippen molar-refractivity contribution in [1.29, 1.82) is 0 Å². The molecule has 22 heavy (non-hydrogen) atoms. The van der Waals surface area contributed by atoms with E-state index in [-0.39, 0.29) is 22.2 Å². The summed E-state index contributed by atoms with van der Waals surface area (Å²) < 4.78 is 19.4. The van der Waals surface area contributed by atoms with E-state index in [1.54, 1.807) is 18.2 Å². The van der Waals surface area contributed by atoms with Crippen molar-refractivity contribution in [2.24, 2.45) is 0 Å². The lowest BCUT2D eigenvalue weighted by Gasteiger charge is -2.11. The average Bonchev–Trinajstić information content (AvgIpc) is 2.50. The van der Waals surface area contributed by atoms with E-state index >= 15 is 0 Å². The maximum Gasteiger partial charge on any atom is 0.165 e. The summed E-state index contributed by atoms with van der Waals surface area (Å²) in [4.78, 5) is 8.49. The highest BCUT2D eigenvalue weighted by Gasteiger charge is 2.16. The predicted molar refractivity (Wildman–Crippen MR) is 85.3 cm³/mol. The van der Waals surface area contributed by atoms with Crippen molar-refractivity contribution in [2.45, 2.75) is 0 Å². The second-order valence-corrected chi connectivity index (χ2v) is 5.02. The van der Waals surface area contributed by atoms with Crippen LogP contribution in [0.2, 0.25) is 5.02 Å². The third-order valence-corrected chi connectivity index (χ3v) is 3.56. The van der Waals surface area contributed by atoms with Crippen molar-refractivity contribution in [2.75, 3.05) is 18.6 Å². The normalized spacial score (nSPS) is 10.9. The number of halogens is 2. The minimum Gasteiger partial charge on any atom is -0.494 e. The van der Waals surface area contributed by atoms with Gasteiger partial charge in [-0.05, 0) is 24.3 Å². The monoisotopic (exact) mass is 318 g/mol. The van der Waals surface area contributed by atoms with Crippen LogP contribution in [0.5, 0.6) is 5.75 Å². The van der Waals surface area contributed by atoms with Crippen LogP contribution in [0.25, 0.3) is 22.3 Å². The Morgan fingerprint density at radius 3 is 2.64 bits per heavy atom. The van der Waals surface area contributed by atoms with Gasteiger partial charge in [0, 0.05) is 0 Å². The maximum atomic E-state index is 14.1. The van der Waals surface area contributed by atoms with Crippen molar-refractivity contribution < 1.29 is 9.13 Å². The molecule has 2 aromatic carbocycles. The van der Waals surface area contributed by atoms with Crippen LogP contribution < -0.4 is 16.2 Å². The Bertz CT molecular complexity index is 885. The highest BCUT2D eigenvalue weighted by molar-refractivity contribution is 6.31. The molecule has 0 radical (unpaired) electrons. The van der Waals surface area contributed by atoms with Gasteiger partial charge in [0.05, 0.1) is 34.3 Å². The van der Waals surface area contributed by atoms with Crippen molar-refractivity contribution >= 4 is 34.0 Å². The lowest BCUT2D eigenvalue weighted by atomic mass is 10.1. The molecular formula is C15H12ClFN4O. The molecule has 0 atom stereocenters. The molecular weight excluding hydrogens is 307 g/mol. The topological polar surface area (TPSA) is 87.0 Å². The average molecular weight is 319 g/mol. The van der Waals surface area contributed by atoms with Crippen molar-refractivity contribution in [3.05, 3.63) is 41.2 Å². The molecule has 112 valence electrons. The summed E-state index contributed by atoms with van der Waals surface area (Å²) in [7, 11) is 1.48. The molecule has 0 spiro atoms. The SMILES string of the molecule is COc1c(N)ccc2nc(-c3cccc(Cl)c3F)nc(N)c12. The number of aromatic nitrogens is 2. The number of anilines is 2. The van der Waals surface area contributed by atoms with Gasteiger partial charge in [-0.2, -0.15) is 0 Å². The Kier molecular flexibility index (Phi) is 3.46. The van der Waals surface area contributed by atoms with Gasteiger partial charge >= 0.3 is 0 Å². The predicted octanol–water partition coefficient (Wildman–Crippen LogP) is 3.26. The Hall–Kier alpha value is -2.60. The zero-order valence-electron chi connectivity index (χ0n) is 11.6. The molecule has 3 rings (SSSR count). The summed E-state index contributed by atoms with van der Waals surface area (Å²) in [6, 6.07) is 7.93. The van der Waals surface area contributed by atoms with Crippen molar-refractivity contribution in [3.8, 4) is 17.1 Å². The van der Waals surface area contributed by atoms with Crippen LogP contribution in [0.15, 0.2) is 30.3 Å². The van der Waals surface area contributed by atoms with Gasteiger partial charge in [0.15, 0.2) is 17.4 Å². The number of methoxy groups -OCH3 is 1. The van der Waals surface area contributed by atoms with Crippen LogP contribution in [0.1, 0.15) is 0 Å². The third-order valence-electron chi connectivity index (χ3n) is 3.27. The first-order valence-electron chi connectivity index (χ1n) is 6.37. The van der Waals surface area contributed by atoms with Crippen LogP contribution in [-0.2, 0) is 0 Å². The van der Waals surface area contributed by atoms with Gasteiger partial charge in [0.2, 0.25) is 0 Å². The number of hydrogen-bond donors (Lipinski definition) is 2. The number of nitrogens with zero attached hydrogens (tertiary/aromatic N) is 2. The summed E-state index contributed by atoms with van der Waals surface area (Å²) in [6.07, 6.45) is 0. The van der Waals surface area contributed by atoms with Gasteiger partial charge in [-0.25, -0.2) is 14.4 Å². The van der Waals surface area contributed by atoms with Gasteiger partial charge in [0.25, 0.3) is 0 Å². The summed E-state index contributed by atoms with van der Waals surface area (Å²) in [5.74, 6) is 0.110. The summed E-state index contributed by atoms with van der Waals surface area (Å²) in [5, 5.41) is 0.489. The number of hydrogen-bond acceptors (Lipinski definition) is 5. The van der Waals surface area contributed by atoms with E-state index in [9.17, 15) is 4.39 Å². The van der Waals surface area contributed by atoms with Crippen LogP contribution >= 0.6 is 11.6 Å². The van der Waals surface area contributed by atoms with Crippen molar-refractivity contribution in [1.82, 2.24) is 9.97 Å². The number of fused-ring (bicyclic) bond motifs is 1. The molecule has 4 N–H and O–H groups in total. The molecule has 0 saturated carbocycles. The fourth-order valence-electron chi connectivity index (χ4n) is 2.26. The van der Waals surface area contributed by atoms with Gasteiger partial charge in [-0.3, -0.25) is 0 Å². The minimum atomic E-state index is -0.592. The first kappa shape index (κ1) is 14.3. The number of ether oxygens (including phenoxy) is 1. The fraction of sp³-hybridized carbons (Fsp3) is 0.0667.